The quantitative estimate of drug-likeness (QED) is 0.396. The molecule has 0 heterocycles. The van der Waals surface area contributed by atoms with Gasteiger partial charge < -0.3 is 11.0 Å². The first-order valence-corrected chi connectivity index (χ1v) is 0. The average Bonchev–Trinajstić information content (AvgIpc) is 0. The topological polar surface area (TPSA) is 57.0 Å². The second-order valence-electron chi connectivity index (χ2n) is 0. The van der Waals surface area contributed by atoms with Crippen LogP contribution in [0.3, 0.4) is 0 Å². The van der Waals surface area contributed by atoms with Gasteiger partial charge in [-0.2, -0.15) is 0 Å². The zero-order chi connectivity index (χ0) is 0. The summed E-state index contributed by atoms with van der Waals surface area (Å²) in [4.78, 5) is 0. The van der Waals surface area contributed by atoms with E-state index < -0.39 is 0 Å². The molecule has 0 unspecified atom stereocenters. The molecule has 0 N–H and O–H groups in total. The second kappa shape index (κ2) is 20.7. The largest absolute Gasteiger partial charge is 4.00 e. The standard InChI is InChI=1S/Ar.2O.Ti/q;2*-2;+4. The molecule has 24 valence electrons. The summed E-state index contributed by atoms with van der Waals surface area (Å²) in [5, 5.41) is 0. The zero-order valence-electron chi connectivity index (χ0n) is 1.67. The van der Waals surface area contributed by atoms with Gasteiger partial charge >= 0.3 is 21.7 Å². The Hall–Kier alpha value is 1.89. The summed E-state index contributed by atoms with van der Waals surface area (Å²) in [6.45, 7) is 0. The van der Waals surface area contributed by atoms with Crippen LogP contribution in [0.4, 0.5) is 0 Å². The van der Waals surface area contributed by atoms with Crippen molar-refractivity contribution in [2.75, 3.05) is 0 Å². The monoisotopic (exact) mass is 120 g/mol. The first-order valence-electron chi connectivity index (χ1n) is 0. The van der Waals surface area contributed by atoms with Gasteiger partial charge in [0.2, 0.25) is 0 Å². The maximum absolute atomic E-state index is 0. The summed E-state index contributed by atoms with van der Waals surface area (Å²) in [7, 11) is 0. The van der Waals surface area contributed by atoms with E-state index in [1.165, 1.54) is 0 Å². The van der Waals surface area contributed by atoms with Crippen molar-refractivity contribution in [3.8, 4) is 0 Å². The van der Waals surface area contributed by atoms with Crippen molar-refractivity contribution in [2.24, 2.45) is 0 Å². The van der Waals surface area contributed by atoms with Crippen molar-refractivity contribution in [3.63, 3.8) is 0 Å². The van der Waals surface area contributed by atoms with Crippen LogP contribution < -0.4 is 0 Å². The molecule has 0 bridgehead atoms. The Labute approximate surface area is 69.5 Å². The van der Waals surface area contributed by atoms with Crippen LogP contribution in [-0.2, 0) is 32.7 Å². The molecule has 2 nitrogen and oxygen atoms in total. The van der Waals surface area contributed by atoms with E-state index in [2.05, 4.69) is 0 Å². The maximum Gasteiger partial charge on any atom is 4.00 e. The Morgan fingerprint density at radius 3 is 0.750 bits per heavy atom. The molecule has 0 fully saturated rings. The summed E-state index contributed by atoms with van der Waals surface area (Å²) in [5.74, 6) is 0. The van der Waals surface area contributed by atoms with Crippen molar-refractivity contribution in [1.29, 1.82) is 0 Å². The van der Waals surface area contributed by atoms with Crippen molar-refractivity contribution in [3.05, 3.63) is 0 Å². The average molecular weight is 120 g/mol. The van der Waals surface area contributed by atoms with E-state index in [1.54, 1.807) is 0 Å². The molecule has 0 aliphatic rings. The van der Waals surface area contributed by atoms with Gasteiger partial charge in [0.25, 0.3) is 0 Å². The maximum atomic E-state index is 0. The van der Waals surface area contributed by atoms with E-state index in [0.29, 0.717) is 0 Å². The minimum Gasteiger partial charge on any atom is -2.00 e. The van der Waals surface area contributed by atoms with Gasteiger partial charge in [-0.05, 0) is 0 Å². The molecule has 0 aliphatic carbocycles. The normalized spacial score (nSPS) is 0. The van der Waals surface area contributed by atoms with Crippen molar-refractivity contribution in [1.82, 2.24) is 0 Å². The van der Waals surface area contributed by atoms with Crippen molar-refractivity contribution < 1.29 is 70.4 Å². The number of hydrogen-bond donors (Lipinski definition) is 0. The molecule has 0 aromatic carbocycles. The molecular formula is ArO2Ti. The summed E-state index contributed by atoms with van der Waals surface area (Å²) in [5.41, 5.74) is 0. The third-order valence-electron chi connectivity index (χ3n) is 0. The molecule has 0 saturated heterocycles. The van der Waals surface area contributed by atoms with Crippen LogP contribution in [-0.4, -0.2) is 0 Å². The molecule has 4 heteroatoms. The van der Waals surface area contributed by atoms with Gasteiger partial charge in [-0.3, -0.25) is 0 Å². The molecule has 0 rings (SSSR count). The van der Waals surface area contributed by atoms with Crippen LogP contribution in [0.1, 0.15) is 0 Å². The first-order chi connectivity index (χ1) is 0. The Bertz CT molecular complexity index is 6.00. The summed E-state index contributed by atoms with van der Waals surface area (Å²) >= 11 is 0. The van der Waals surface area contributed by atoms with Crippen molar-refractivity contribution >= 4 is 0 Å². The molecular weight excluding hydrogens is 120 g/mol. The smallest absolute Gasteiger partial charge is 2.00 e. The van der Waals surface area contributed by atoms with Gasteiger partial charge in [0, 0.05) is 37.7 Å². The fourth-order valence-corrected chi connectivity index (χ4v) is 0. The molecule has 0 aromatic rings. The molecule has 0 aromatic heterocycles. The summed E-state index contributed by atoms with van der Waals surface area (Å²) < 4.78 is 0. The van der Waals surface area contributed by atoms with E-state index in [1.807, 2.05) is 0 Å². The first kappa shape index (κ1) is 39.4. The molecule has 0 aliphatic heterocycles. The van der Waals surface area contributed by atoms with Gasteiger partial charge in [-0.25, -0.2) is 0 Å². The second-order valence-corrected chi connectivity index (χ2v) is 0. The van der Waals surface area contributed by atoms with E-state index in [0.717, 1.165) is 0 Å². The van der Waals surface area contributed by atoms with Gasteiger partial charge in [-0.1, -0.05) is 0 Å². The Morgan fingerprint density at radius 1 is 0.750 bits per heavy atom. The van der Waals surface area contributed by atoms with Gasteiger partial charge in [0.1, 0.15) is 0 Å². The Morgan fingerprint density at radius 2 is 0.750 bits per heavy atom. The molecule has 4 heavy (non-hydrogen) atoms. The third kappa shape index (κ3) is 9.09. The van der Waals surface area contributed by atoms with E-state index in [9.17, 15) is 0 Å². The third-order valence-corrected chi connectivity index (χ3v) is 0. The summed E-state index contributed by atoms with van der Waals surface area (Å²) in [6, 6.07) is 0. The molecule has 0 radical (unpaired) electrons. The van der Waals surface area contributed by atoms with Crippen LogP contribution in [0.25, 0.3) is 0 Å². The van der Waals surface area contributed by atoms with Gasteiger partial charge in [0.05, 0.1) is 0 Å². The Balaban J connectivity index is 0. The minimum atomic E-state index is 0. The fourth-order valence-electron chi connectivity index (χ4n) is 0. The van der Waals surface area contributed by atoms with Crippen LogP contribution in [0.5, 0.6) is 0 Å². The van der Waals surface area contributed by atoms with Crippen LogP contribution >= 0.6 is 0 Å². The molecule has 0 atom stereocenters. The molecule has 0 saturated carbocycles. The molecule has 0 spiro atoms. The zero-order valence-corrected chi connectivity index (χ0v) is 3.94. The van der Waals surface area contributed by atoms with Crippen LogP contribution in [0.2, 0.25) is 0 Å². The molecule has 0 amide bonds. The van der Waals surface area contributed by atoms with Crippen molar-refractivity contribution in [2.45, 2.75) is 0 Å². The number of hydrogen-bond acceptors (Lipinski definition) is 0. The predicted molar refractivity (Wildman–Crippen MR) is 1.37 cm³/mol. The van der Waals surface area contributed by atoms with Crippen LogP contribution in [0, 0.1) is 37.7 Å². The van der Waals surface area contributed by atoms with Gasteiger partial charge in [0.15, 0.2) is 0 Å². The predicted octanol–water partition coefficient (Wildman–Crippen LogP) is -0.240. The Kier molecular flexibility index (Phi) is 204. The fraction of sp³-hybridized carbons (Fsp3) is 0. The van der Waals surface area contributed by atoms with Crippen LogP contribution in [0.15, 0.2) is 0 Å². The minimum absolute atomic E-state index is 0. The van der Waals surface area contributed by atoms with E-state index >= 15 is 0 Å². The SMILES string of the molecule is [Ar].[O-2].[O-2].[Ti+4]. The summed E-state index contributed by atoms with van der Waals surface area (Å²) in [6.07, 6.45) is 0. The van der Waals surface area contributed by atoms with E-state index in [4.69, 9.17) is 0 Å². The number of rotatable bonds is 0. The van der Waals surface area contributed by atoms with Gasteiger partial charge in [-0.15, -0.1) is 0 Å². The van der Waals surface area contributed by atoms with E-state index in [-0.39, 0.29) is 70.4 Å².